The smallest absolute Gasteiger partial charge is 0.193 e. The van der Waals surface area contributed by atoms with Crippen molar-refractivity contribution in [2.24, 2.45) is 10.7 Å². The normalized spacial score (nSPS) is 15.5. The van der Waals surface area contributed by atoms with Crippen molar-refractivity contribution in [2.45, 2.75) is 46.0 Å². The van der Waals surface area contributed by atoms with Crippen molar-refractivity contribution in [3.05, 3.63) is 29.3 Å². The first-order valence-corrected chi connectivity index (χ1v) is 8.64. The molecule has 1 aliphatic heterocycles. The Balaban J connectivity index is 0.00000264. The summed E-state index contributed by atoms with van der Waals surface area (Å²) in [6.45, 7) is 8.78. The van der Waals surface area contributed by atoms with E-state index in [2.05, 4.69) is 47.3 Å². The number of nitrogens with two attached hydrogens (primary N) is 1. The molecule has 1 aromatic rings. The lowest BCUT2D eigenvalue weighted by molar-refractivity contribution is 0.336. The van der Waals surface area contributed by atoms with Gasteiger partial charge in [-0.15, -0.1) is 24.0 Å². The zero-order chi connectivity index (χ0) is 15.8. The average molecular weight is 430 g/mol. The van der Waals surface area contributed by atoms with Crippen LogP contribution >= 0.6 is 24.0 Å². The highest BCUT2D eigenvalue weighted by Crippen LogP contribution is 2.22. The topological polar surface area (TPSA) is 53.6 Å². The molecule has 1 heterocycles. The van der Waals surface area contributed by atoms with Crippen LogP contribution in [0.1, 0.15) is 44.2 Å². The van der Waals surface area contributed by atoms with Crippen molar-refractivity contribution in [1.82, 2.24) is 4.90 Å². The van der Waals surface area contributed by atoms with Crippen LogP contribution in [0.5, 0.6) is 0 Å². The number of para-hydroxylation sites is 1. The maximum Gasteiger partial charge on any atom is 0.193 e. The summed E-state index contributed by atoms with van der Waals surface area (Å²) in [6.07, 6.45) is 5.77. The van der Waals surface area contributed by atoms with Crippen LogP contribution < -0.4 is 11.1 Å². The van der Waals surface area contributed by atoms with Crippen LogP contribution in [0.3, 0.4) is 0 Å². The molecular weight excluding hydrogens is 399 g/mol. The molecule has 1 saturated heterocycles. The minimum absolute atomic E-state index is 0. The van der Waals surface area contributed by atoms with E-state index in [0.717, 1.165) is 38.0 Å². The molecule has 0 amide bonds. The fourth-order valence-electron chi connectivity index (χ4n) is 3.07. The van der Waals surface area contributed by atoms with Gasteiger partial charge in [0.1, 0.15) is 0 Å². The molecule has 0 radical (unpaired) electrons. The summed E-state index contributed by atoms with van der Waals surface area (Å²) >= 11 is 0. The lowest BCUT2D eigenvalue weighted by Crippen LogP contribution is -2.25. The summed E-state index contributed by atoms with van der Waals surface area (Å²) in [5.41, 5.74) is 9.82. The van der Waals surface area contributed by atoms with Gasteiger partial charge in [0.2, 0.25) is 0 Å². The van der Waals surface area contributed by atoms with Gasteiger partial charge in [0, 0.05) is 12.2 Å². The molecule has 1 fully saturated rings. The highest BCUT2D eigenvalue weighted by atomic mass is 127. The van der Waals surface area contributed by atoms with Crippen LogP contribution in [0.25, 0.3) is 0 Å². The molecule has 1 aliphatic rings. The number of aryl methyl sites for hydroxylation is 2. The monoisotopic (exact) mass is 430 g/mol. The van der Waals surface area contributed by atoms with Crippen LogP contribution in [0.2, 0.25) is 0 Å². The fraction of sp³-hybridized carbons (Fsp3) is 0.611. The van der Waals surface area contributed by atoms with Gasteiger partial charge in [0.15, 0.2) is 5.96 Å². The first kappa shape index (κ1) is 20.2. The first-order chi connectivity index (χ1) is 10.7. The van der Waals surface area contributed by atoms with Gasteiger partial charge in [-0.3, -0.25) is 4.99 Å². The fourth-order valence-corrected chi connectivity index (χ4v) is 3.07. The number of guanidine groups is 1. The van der Waals surface area contributed by atoms with Crippen molar-refractivity contribution in [3.63, 3.8) is 0 Å². The van der Waals surface area contributed by atoms with E-state index in [9.17, 15) is 0 Å². The zero-order valence-corrected chi connectivity index (χ0v) is 16.8. The molecule has 23 heavy (non-hydrogen) atoms. The van der Waals surface area contributed by atoms with Gasteiger partial charge in [0.25, 0.3) is 0 Å². The molecule has 2 rings (SSSR count). The number of rotatable bonds is 7. The summed E-state index contributed by atoms with van der Waals surface area (Å²) in [5, 5.41) is 3.32. The van der Waals surface area contributed by atoms with Crippen LogP contribution in [-0.2, 0) is 12.8 Å². The van der Waals surface area contributed by atoms with Crippen molar-refractivity contribution >= 4 is 35.6 Å². The third kappa shape index (κ3) is 6.30. The Kier molecular flexibility index (Phi) is 9.55. The second-order valence-electron chi connectivity index (χ2n) is 5.95. The summed E-state index contributed by atoms with van der Waals surface area (Å²) in [5.74, 6) is 0.539. The number of halogens is 1. The Labute approximate surface area is 157 Å². The second kappa shape index (κ2) is 10.9. The summed E-state index contributed by atoms with van der Waals surface area (Å²) < 4.78 is 0. The van der Waals surface area contributed by atoms with Gasteiger partial charge in [-0.25, -0.2) is 0 Å². The third-order valence-corrected chi connectivity index (χ3v) is 4.37. The van der Waals surface area contributed by atoms with Crippen molar-refractivity contribution in [3.8, 4) is 0 Å². The molecule has 0 spiro atoms. The molecular formula is C18H31IN4. The van der Waals surface area contributed by atoms with E-state index in [1.165, 1.54) is 37.1 Å². The molecule has 3 N–H and O–H groups in total. The number of likely N-dealkylation sites (tertiary alicyclic amines) is 1. The Bertz CT molecular complexity index is 474. The largest absolute Gasteiger partial charge is 0.370 e. The van der Waals surface area contributed by atoms with Crippen molar-refractivity contribution < 1.29 is 0 Å². The van der Waals surface area contributed by atoms with Gasteiger partial charge in [-0.2, -0.15) is 0 Å². The number of aliphatic imine (C=N–C) groups is 1. The van der Waals surface area contributed by atoms with E-state index in [1.807, 2.05) is 0 Å². The minimum atomic E-state index is 0. The predicted octanol–water partition coefficient (Wildman–Crippen LogP) is 3.64. The van der Waals surface area contributed by atoms with E-state index in [-0.39, 0.29) is 24.0 Å². The SMILES string of the molecule is CCc1cccc(CC)c1NC(N)=NCCCN1CCCC1.I. The Morgan fingerprint density at radius 3 is 2.35 bits per heavy atom. The first-order valence-electron chi connectivity index (χ1n) is 8.64. The van der Waals surface area contributed by atoms with Gasteiger partial charge in [0.05, 0.1) is 0 Å². The Morgan fingerprint density at radius 2 is 1.78 bits per heavy atom. The van der Waals surface area contributed by atoms with Crippen LogP contribution in [0.15, 0.2) is 23.2 Å². The van der Waals surface area contributed by atoms with E-state index in [4.69, 9.17) is 5.73 Å². The molecule has 0 aliphatic carbocycles. The minimum Gasteiger partial charge on any atom is -0.370 e. The maximum atomic E-state index is 6.07. The number of hydrogen-bond donors (Lipinski definition) is 2. The predicted molar refractivity (Wildman–Crippen MR) is 111 cm³/mol. The number of anilines is 1. The number of hydrogen-bond acceptors (Lipinski definition) is 2. The maximum absolute atomic E-state index is 6.07. The summed E-state index contributed by atoms with van der Waals surface area (Å²) in [6, 6.07) is 6.43. The molecule has 130 valence electrons. The van der Waals surface area contributed by atoms with Gasteiger partial charge in [-0.05, 0) is 62.9 Å². The Hall–Kier alpha value is -0.820. The second-order valence-corrected chi connectivity index (χ2v) is 5.95. The van der Waals surface area contributed by atoms with Crippen LogP contribution in [0.4, 0.5) is 5.69 Å². The highest BCUT2D eigenvalue weighted by Gasteiger charge is 2.10. The molecule has 0 saturated carbocycles. The zero-order valence-electron chi connectivity index (χ0n) is 14.5. The van der Waals surface area contributed by atoms with E-state index in [1.54, 1.807) is 0 Å². The molecule has 0 bridgehead atoms. The van der Waals surface area contributed by atoms with Crippen molar-refractivity contribution in [1.29, 1.82) is 0 Å². The third-order valence-electron chi connectivity index (χ3n) is 4.37. The molecule has 1 aromatic carbocycles. The van der Waals surface area contributed by atoms with E-state index >= 15 is 0 Å². The number of nitrogens with one attached hydrogen (secondary N) is 1. The standard InChI is InChI=1S/C18H30N4.HI/c1-3-15-9-7-10-16(4-2)17(15)21-18(19)20-11-8-14-22-12-5-6-13-22;/h7,9-10H,3-6,8,11-14H2,1-2H3,(H3,19,20,21);1H. The molecule has 4 nitrogen and oxygen atoms in total. The van der Waals surface area contributed by atoms with Crippen LogP contribution in [0, 0.1) is 0 Å². The van der Waals surface area contributed by atoms with E-state index < -0.39 is 0 Å². The highest BCUT2D eigenvalue weighted by molar-refractivity contribution is 14.0. The van der Waals surface area contributed by atoms with Gasteiger partial charge < -0.3 is 16.0 Å². The number of benzene rings is 1. The van der Waals surface area contributed by atoms with Gasteiger partial charge in [-0.1, -0.05) is 32.0 Å². The van der Waals surface area contributed by atoms with Gasteiger partial charge >= 0.3 is 0 Å². The summed E-state index contributed by atoms with van der Waals surface area (Å²) in [4.78, 5) is 7.00. The molecule has 0 unspecified atom stereocenters. The van der Waals surface area contributed by atoms with Crippen LogP contribution in [-0.4, -0.2) is 37.0 Å². The molecule has 0 aromatic heterocycles. The number of nitrogens with zero attached hydrogens (tertiary/aromatic N) is 2. The van der Waals surface area contributed by atoms with Crippen molar-refractivity contribution in [2.75, 3.05) is 31.5 Å². The quantitative estimate of drug-likeness (QED) is 0.301. The summed E-state index contributed by atoms with van der Waals surface area (Å²) in [7, 11) is 0. The lowest BCUT2D eigenvalue weighted by atomic mass is 10.0. The Morgan fingerprint density at radius 1 is 1.17 bits per heavy atom. The average Bonchev–Trinajstić information content (AvgIpc) is 3.05. The molecule has 5 heteroatoms. The lowest BCUT2D eigenvalue weighted by Gasteiger charge is -2.15. The molecule has 0 atom stereocenters. The van der Waals surface area contributed by atoms with E-state index in [0.29, 0.717) is 5.96 Å².